The number of nitro benzene ring substituents is 1. The first-order valence-electron chi connectivity index (χ1n) is 6.91. The standard InChI is InChI=1S/C14H18FN3O3/c1-3-16-6-7-17(9-10(16)2)14(19)11-4-5-13(18(20)21)12(15)8-11/h4-5,8,10H,3,6-7,9H2,1-2H3. The average Bonchev–Trinajstić information content (AvgIpc) is 2.45. The van der Waals surface area contributed by atoms with Gasteiger partial charge in [-0.2, -0.15) is 4.39 Å². The van der Waals surface area contributed by atoms with Gasteiger partial charge in [-0.15, -0.1) is 0 Å². The molecule has 2 rings (SSSR count). The Kier molecular flexibility index (Phi) is 4.52. The van der Waals surface area contributed by atoms with Crippen molar-refractivity contribution in [3.8, 4) is 0 Å². The summed E-state index contributed by atoms with van der Waals surface area (Å²) in [5.74, 6) is -1.27. The molecule has 0 aliphatic carbocycles. The van der Waals surface area contributed by atoms with E-state index >= 15 is 0 Å². The lowest BCUT2D eigenvalue weighted by Gasteiger charge is -2.39. The van der Waals surface area contributed by atoms with E-state index in [0.717, 1.165) is 25.2 Å². The Labute approximate surface area is 122 Å². The molecule has 1 aliphatic heterocycles. The number of amides is 1. The number of hydrogen-bond donors (Lipinski definition) is 0. The van der Waals surface area contributed by atoms with Crippen LogP contribution >= 0.6 is 0 Å². The zero-order valence-electron chi connectivity index (χ0n) is 12.1. The fraction of sp³-hybridized carbons (Fsp3) is 0.500. The molecule has 1 aliphatic rings. The molecule has 0 N–H and O–H groups in total. The van der Waals surface area contributed by atoms with E-state index in [1.807, 2.05) is 6.92 Å². The summed E-state index contributed by atoms with van der Waals surface area (Å²) in [7, 11) is 0. The number of rotatable bonds is 3. The van der Waals surface area contributed by atoms with Gasteiger partial charge in [-0.1, -0.05) is 6.92 Å². The van der Waals surface area contributed by atoms with Crippen molar-refractivity contribution in [1.82, 2.24) is 9.80 Å². The molecule has 0 spiro atoms. The molecule has 1 unspecified atom stereocenters. The molecule has 1 atom stereocenters. The number of likely N-dealkylation sites (N-methyl/N-ethyl adjacent to an activating group) is 1. The van der Waals surface area contributed by atoms with Crippen LogP contribution in [0.5, 0.6) is 0 Å². The van der Waals surface area contributed by atoms with Crippen LogP contribution in [0.15, 0.2) is 18.2 Å². The molecule has 1 heterocycles. The number of hydrogen-bond acceptors (Lipinski definition) is 4. The second-order valence-electron chi connectivity index (χ2n) is 5.15. The van der Waals surface area contributed by atoms with Crippen molar-refractivity contribution in [3.63, 3.8) is 0 Å². The van der Waals surface area contributed by atoms with Crippen molar-refractivity contribution < 1.29 is 14.1 Å². The lowest BCUT2D eigenvalue weighted by atomic mass is 10.1. The minimum Gasteiger partial charge on any atom is -0.336 e. The highest BCUT2D eigenvalue weighted by molar-refractivity contribution is 5.94. The topological polar surface area (TPSA) is 66.7 Å². The summed E-state index contributed by atoms with van der Waals surface area (Å²) in [4.78, 5) is 26.1. The minimum absolute atomic E-state index is 0.148. The molecule has 1 aromatic rings. The smallest absolute Gasteiger partial charge is 0.304 e. The van der Waals surface area contributed by atoms with E-state index in [9.17, 15) is 19.3 Å². The van der Waals surface area contributed by atoms with Crippen molar-refractivity contribution >= 4 is 11.6 Å². The molecule has 6 nitrogen and oxygen atoms in total. The van der Waals surface area contributed by atoms with Crippen LogP contribution < -0.4 is 0 Å². The third-order valence-corrected chi connectivity index (χ3v) is 3.85. The highest BCUT2D eigenvalue weighted by atomic mass is 19.1. The van der Waals surface area contributed by atoms with Crippen LogP contribution in [0.25, 0.3) is 0 Å². The van der Waals surface area contributed by atoms with Crippen molar-refractivity contribution in [3.05, 3.63) is 39.7 Å². The van der Waals surface area contributed by atoms with E-state index in [1.54, 1.807) is 4.90 Å². The van der Waals surface area contributed by atoms with Gasteiger partial charge in [0.15, 0.2) is 0 Å². The van der Waals surface area contributed by atoms with E-state index < -0.39 is 16.4 Å². The van der Waals surface area contributed by atoms with Crippen LogP contribution in [-0.2, 0) is 0 Å². The Morgan fingerprint density at radius 3 is 2.71 bits per heavy atom. The summed E-state index contributed by atoms with van der Waals surface area (Å²) < 4.78 is 13.6. The molecule has 1 fully saturated rings. The van der Waals surface area contributed by atoms with E-state index in [2.05, 4.69) is 11.8 Å². The normalized spacial score (nSPS) is 19.6. The van der Waals surface area contributed by atoms with Crippen LogP contribution in [0.1, 0.15) is 24.2 Å². The summed E-state index contributed by atoms with van der Waals surface area (Å²) in [6.45, 7) is 6.97. The maximum atomic E-state index is 13.6. The Bertz CT molecular complexity index is 564. The minimum atomic E-state index is -0.980. The van der Waals surface area contributed by atoms with Crippen LogP contribution in [0.3, 0.4) is 0 Å². The highest BCUT2D eigenvalue weighted by Crippen LogP contribution is 2.20. The number of nitrogens with zero attached hydrogens (tertiary/aromatic N) is 3. The molecular formula is C14H18FN3O3. The van der Waals surface area contributed by atoms with Crippen molar-refractivity contribution in [2.24, 2.45) is 0 Å². The zero-order valence-corrected chi connectivity index (χ0v) is 12.1. The molecule has 7 heteroatoms. The molecule has 0 saturated carbocycles. The van der Waals surface area contributed by atoms with Crippen molar-refractivity contribution in [2.45, 2.75) is 19.9 Å². The predicted octanol–water partition coefficient (Wildman–Crippen LogP) is 1.90. The van der Waals surface area contributed by atoms with Crippen LogP contribution in [-0.4, -0.2) is 52.9 Å². The van der Waals surface area contributed by atoms with Crippen molar-refractivity contribution in [2.75, 3.05) is 26.2 Å². The van der Waals surface area contributed by atoms with Gasteiger partial charge in [0.1, 0.15) is 0 Å². The number of carbonyl (C=O) groups excluding carboxylic acids is 1. The van der Waals surface area contributed by atoms with Gasteiger partial charge in [0.25, 0.3) is 5.91 Å². The van der Waals surface area contributed by atoms with E-state index in [0.29, 0.717) is 13.1 Å². The molecule has 0 aromatic heterocycles. The van der Waals surface area contributed by atoms with Gasteiger partial charge in [-0.05, 0) is 25.6 Å². The number of halogens is 1. The molecule has 114 valence electrons. The van der Waals surface area contributed by atoms with Crippen LogP contribution in [0, 0.1) is 15.9 Å². The Hall–Kier alpha value is -2.02. The predicted molar refractivity (Wildman–Crippen MR) is 75.7 cm³/mol. The van der Waals surface area contributed by atoms with Crippen molar-refractivity contribution in [1.29, 1.82) is 0 Å². The van der Waals surface area contributed by atoms with E-state index in [-0.39, 0.29) is 17.5 Å². The fourth-order valence-corrected chi connectivity index (χ4v) is 2.62. The van der Waals surface area contributed by atoms with Crippen LogP contribution in [0.4, 0.5) is 10.1 Å². The Morgan fingerprint density at radius 1 is 1.48 bits per heavy atom. The number of piperazine rings is 1. The number of carbonyl (C=O) groups is 1. The second-order valence-corrected chi connectivity index (χ2v) is 5.15. The first kappa shape index (κ1) is 15.4. The largest absolute Gasteiger partial charge is 0.336 e. The van der Waals surface area contributed by atoms with Gasteiger partial charge >= 0.3 is 5.69 Å². The van der Waals surface area contributed by atoms with Gasteiger partial charge in [0.2, 0.25) is 5.82 Å². The lowest BCUT2D eigenvalue weighted by Crippen LogP contribution is -2.53. The quantitative estimate of drug-likeness (QED) is 0.631. The fourth-order valence-electron chi connectivity index (χ4n) is 2.62. The summed E-state index contributed by atoms with van der Waals surface area (Å²) >= 11 is 0. The highest BCUT2D eigenvalue weighted by Gasteiger charge is 2.27. The van der Waals surface area contributed by atoms with Gasteiger partial charge in [0.05, 0.1) is 4.92 Å². The zero-order chi connectivity index (χ0) is 15.6. The van der Waals surface area contributed by atoms with E-state index in [1.165, 1.54) is 6.07 Å². The summed E-state index contributed by atoms with van der Waals surface area (Å²) in [6.07, 6.45) is 0. The van der Waals surface area contributed by atoms with Crippen LogP contribution in [0.2, 0.25) is 0 Å². The molecular weight excluding hydrogens is 277 g/mol. The molecule has 0 radical (unpaired) electrons. The first-order chi connectivity index (χ1) is 9.93. The van der Waals surface area contributed by atoms with Gasteiger partial charge < -0.3 is 4.90 Å². The van der Waals surface area contributed by atoms with E-state index in [4.69, 9.17) is 0 Å². The summed E-state index contributed by atoms with van der Waals surface area (Å²) in [6, 6.07) is 3.53. The molecule has 1 saturated heterocycles. The molecule has 1 amide bonds. The van der Waals surface area contributed by atoms with Gasteiger partial charge in [0, 0.05) is 37.3 Å². The first-order valence-corrected chi connectivity index (χ1v) is 6.91. The SMILES string of the molecule is CCN1CCN(C(=O)c2ccc([N+](=O)[O-])c(F)c2)CC1C. The second kappa shape index (κ2) is 6.17. The Morgan fingerprint density at radius 2 is 2.19 bits per heavy atom. The maximum Gasteiger partial charge on any atom is 0.304 e. The summed E-state index contributed by atoms with van der Waals surface area (Å²) in [5, 5.41) is 10.6. The van der Waals surface area contributed by atoms with Gasteiger partial charge in [-0.3, -0.25) is 19.8 Å². The number of nitro groups is 1. The Balaban J connectivity index is 2.14. The maximum absolute atomic E-state index is 13.6. The summed E-state index contributed by atoms with van der Waals surface area (Å²) in [5.41, 5.74) is -0.467. The monoisotopic (exact) mass is 295 g/mol. The lowest BCUT2D eigenvalue weighted by molar-refractivity contribution is -0.387. The molecule has 21 heavy (non-hydrogen) atoms. The molecule has 1 aromatic carbocycles. The molecule has 0 bridgehead atoms. The van der Waals surface area contributed by atoms with Gasteiger partial charge in [-0.25, -0.2) is 0 Å². The average molecular weight is 295 g/mol. The third-order valence-electron chi connectivity index (χ3n) is 3.85. The third kappa shape index (κ3) is 3.18. The number of benzene rings is 1.